The van der Waals surface area contributed by atoms with E-state index in [1.165, 1.54) is 16.7 Å². The molecule has 2 amide bonds. The minimum absolute atomic E-state index is 0.139. The van der Waals surface area contributed by atoms with Crippen molar-refractivity contribution >= 4 is 34.3 Å². The van der Waals surface area contributed by atoms with E-state index in [0.29, 0.717) is 16.3 Å². The zero-order valence-electron chi connectivity index (χ0n) is 13.7. The molecule has 1 unspecified atom stereocenters. The minimum Gasteiger partial charge on any atom is -0.506 e. The van der Waals surface area contributed by atoms with Gasteiger partial charge in [0.25, 0.3) is 11.8 Å². The van der Waals surface area contributed by atoms with Crippen molar-refractivity contribution in [1.82, 2.24) is 0 Å². The molecule has 24 heavy (non-hydrogen) atoms. The third-order valence-electron chi connectivity index (χ3n) is 4.25. The number of para-hydroxylation sites is 1. The number of hydrogen-bond donors (Lipinski definition) is 1. The molecule has 1 N–H and O–H groups in total. The monoisotopic (exact) mass is 342 g/mol. The Balaban J connectivity index is 2.05. The Morgan fingerprint density at radius 1 is 1.33 bits per heavy atom. The Hall–Kier alpha value is -2.34. The molecule has 0 aromatic heterocycles. The van der Waals surface area contributed by atoms with Crippen LogP contribution in [0.5, 0.6) is 0 Å². The molecule has 1 atom stereocenters. The number of hydrogen-bond acceptors (Lipinski definition) is 4. The number of benzene rings is 1. The lowest BCUT2D eigenvalue weighted by Crippen LogP contribution is -2.33. The zero-order valence-corrected chi connectivity index (χ0v) is 14.6. The van der Waals surface area contributed by atoms with Gasteiger partial charge in [-0.25, -0.2) is 4.99 Å². The number of likely N-dealkylation sites (N-methyl/N-ethyl adjacent to an activating group) is 1. The molecule has 0 bridgehead atoms. The summed E-state index contributed by atoms with van der Waals surface area (Å²) in [5.74, 6) is -1.48. The highest BCUT2D eigenvalue weighted by Gasteiger charge is 2.39. The number of aliphatic hydroxyl groups is 1. The summed E-state index contributed by atoms with van der Waals surface area (Å²) < 4.78 is 0. The number of aliphatic imine (C=N–C) groups is 1. The maximum atomic E-state index is 12.8. The first-order valence-corrected chi connectivity index (χ1v) is 8.63. The molecular formula is C18H18N2O3S. The number of thioether (sulfide) groups is 1. The molecule has 0 saturated carbocycles. The summed E-state index contributed by atoms with van der Waals surface area (Å²) in [5.41, 5.74) is 1.95. The molecule has 5 nitrogen and oxygen atoms in total. The number of carbonyl (C=O) groups is 2. The predicted molar refractivity (Wildman–Crippen MR) is 96.3 cm³/mol. The fourth-order valence-corrected chi connectivity index (χ4v) is 4.18. The lowest BCUT2D eigenvalue weighted by molar-refractivity contribution is -0.120. The van der Waals surface area contributed by atoms with E-state index in [1.807, 2.05) is 19.9 Å². The molecule has 2 aliphatic heterocycles. The number of carbonyl (C=O) groups excluding carboxylic acids is 2. The van der Waals surface area contributed by atoms with Gasteiger partial charge in [0, 0.05) is 18.0 Å². The van der Waals surface area contributed by atoms with Crippen LogP contribution in [0.4, 0.5) is 5.69 Å². The molecule has 0 fully saturated rings. The van der Waals surface area contributed by atoms with Crippen LogP contribution in [0.3, 0.4) is 0 Å². The number of amides is 2. The van der Waals surface area contributed by atoms with Gasteiger partial charge in [-0.05, 0) is 31.1 Å². The Labute approximate surface area is 144 Å². The molecule has 124 valence electrons. The summed E-state index contributed by atoms with van der Waals surface area (Å²) in [6.07, 6.45) is 0.733. The van der Waals surface area contributed by atoms with Crippen molar-refractivity contribution < 1.29 is 14.7 Å². The smallest absolute Gasteiger partial charge is 0.287 e. The minimum atomic E-state index is -0.684. The lowest BCUT2D eigenvalue weighted by atomic mass is 9.97. The van der Waals surface area contributed by atoms with Gasteiger partial charge in [0.2, 0.25) is 0 Å². The zero-order chi connectivity index (χ0) is 17.4. The van der Waals surface area contributed by atoms with Crippen LogP contribution in [0.2, 0.25) is 0 Å². The Morgan fingerprint density at radius 3 is 2.62 bits per heavy atom. The van der Waals surface area contributed by atoms with Crippen LogP contribution >= 0.6 is 11.8 Å². The van der Waals surface area contributed by atoms with Crippen molar-refractivity contribution in [2.45, 2.75) is 25.5 Å². The van der Waals surface area contributed by atoms with Gasteiger partial charge in [-0.15, -0.1) is 0 Å². The fraction of sp³-hybridized carbons (Fsp3) is 0.278. The van der Waals surface area contributed by atoms with Crippen LogP contribution in [-0.2, 0) is 9.59 Å². The Bertz CT molecular complexity index is 809. The van der Waals surface area contributed by atoms with Crippen LogP contribution in [-0.4, -0.2) is 34.3 Å². The van der Waals surface area contributed by atoms with E-state index >= 15 is 0 Å². The SMILES string of the molecule is CCC1=C2C(=NC(=O)C(C(=O)N(C)c3ccccc3)=C2O)SC1C. The summed E-state index contributed by atoms with van der Waals surface area (Å²) in [7, 11) is 1.57. The Morgan fingerprint density at radius 2 is 2.00 bits per heavy atom. The van der Waals surface area contributed by atoms with Gasteiger partial charge in [-0.2, -0.15) is 0 Å². The van der Waals surface area contributed by atoms with Crippen molar-refractivity contribution in [3.05, 3.63) is 52.8 Å². The van der Waals surface area contributed by atoms with E-state index in [-0.39, 0.29) is 16.6 Å². The van der Waals surface area contributed by atoms with Gasteiger partial charge in [0.15, 0.2) is 0 Å². The molecule has 0 aliphatic carbocycles. The van der Waals surface area contributed by atoms with Gasteiger partial charge >= 0.3 is 0 Å². The van der Waals surface area contributed by atoms with E-state index in [1.54, 1.807) is 31.3 Å². The molecule has 2 aliphatic rings. The fourth-order valence-electron chi connectivity index (χ4n) is 2.94. The molecule has 1 aromatic carbocycles. The number of dihydropyridines is 1. The van der Waals surface area contributed by atoms with E-state index in [0.717, 1.165) is 12.0 Å². The van der Waals surface area contributed by atoms with E-state index in [9.17, 15) is 14.7 Å². The van der Waals surface area contributed by atoms with Crippen molar-refractivity contribution in [1.29, 1.82) is 0 Å². The molecule has 1 aromatic rings. The second-order valence-electron chi connectivity index (χ2n) is 5.66. The quantitative estimate of drug-likeness (QED) is 0.856. The molecule has 2 heterocycles. The third kappa shape index (κ3) is 2.57. The number of fused-ring (bicyclic) bond motifs is 1. The average Bonchev–Trinajstić information content (AvgIpc) is 2.89. The summed E-state index contributed by atoms with van der Waals surface area (Å²) in [5, 5.41) is 11.3. The average molecular weight is 342 g/mol. The van der Waals surface area contributed by atoms with Gasteiger partial charge in [0.1, 0.15) is 16.4 Å². The Kier molecular flexibility index (Phi) is 4.32. The second-order valence-corrected chi connectivity index (χ2v) is 6.99. The topological polar surface area (TPSA) is 70.0 Å². The van der Waals surface area contributed by atoms with Crippen LogP contribution in [0.15, 0.2) is 57.8 Å². The van der Waals surface area contributed by atoms with Crippen LogP contribution in [0, 0.1) is 0 Å². The normalized spacial score (nSPS) is 20.2. The summed E-state index contributed by atoms with van der Waals surface area (Å²) in [6, 6.07) is 8.98. The number of nitrogens with zero attached hydrogens (tertiary/aromatic N) is 2. The molecular weight excluding hydrogens is 324 g/mol. The summed E-state index contributed by atoms with van der Waals surface area (Å²) in [6.45, 7) is 4.00. The molecule has 6 heteroatoms. The predicted octanol–water partition coefficient (Wildman–Crippen LogP) is 3.24. The van der Waals surface area contributed by atoms with Crippen molar-refractivity contribution in [3.8, 4) is 0 Å². The standard InChI is InChI=1S/C18H18N2O3S/c1-4-12-10(2)24-17-13(12)15(21)14(16(22)19-17)18(23)20(3)11-8-6-5-7-9-11/h5-10,21H,4H2,1-3H3. The second kappa shape index (κ2) is 6.28. The van der Waals surface area contributed by atoms with Crippen molar-refractivity contribution in [2.24, 2.45) is 4.99 Å². The highest BCUT2D eigenvalue weighted by atomic mass is 32.2. The van der Waals surface area contributed by atoms with Crippen molar-refractivity contribution in [3.63, 3.8) is 0 Å². The molecule has 0 spiro atoms. The van der Waals surface area contributed by atoms with Gasteiger partial charge in [0.05, 0.1) is 5.57 Å². The molecule has 0 radical (unpaired) electrons. The first kappa shape index (κ1) is 16.5. The van der Waals surface area contributed by atoms with Crippen molar-refractivity contribution in [2.75, 3.05) is 11.9 Å². The van der Waals surface area contributed by atoms with Crippen LogP contribution in [0.1, 0.15) is 20.3 Å². The molecule has 0 saturated heterocycles. The maximum absolute atomic E-state index is 12.8. The third-order valence-corrected chi connectivity index (χ3v) is 5.40. The van der Waals surface area contributed by atoms with Crippen LogP contribution in [0.25, 0.3) is 0 Å². The summed E-state index contributed by atoms with van der Waals surface area (Å²) in [4.78, 5) is 30.5. The number of rotatable bonds is 3. The van der Waals surface area contributed by atoms with Gasteiger partial charge in [-0.3, -0.25) is 9.59 Å². The van der Waals surface area contributed by atoms with E-state index in [4.69, 9.17) is 0 Å². The summed E-state index contributed by atoms with van der Waals surface area (Å²) >= 11 is 1.44. The van der Waals surface area contributed by atoms with Crippen LogP contribution < -0.4 is 4.90 Å². The largest absolute Gasteiger partial charge is 0.506 e. The highest BCUT2D eigenvalue weighted by Crippen LogP contribution is 2.42. The van der Waals surface area contributed by atoms with Gasteiger partial charge in [-0.1, -0.05) is 36.9 Å². The molecule has 3 rings (SSSR count). The van der Waals surface area contributed by atoms with E-state index < -0.39 is 11.8 Å². The highest BCUT2D eigenvalue weighted by molar-refractivity contribution is 8.15. The first-order valence-electron chi connectivity index (χ1n) is 7.75. The van der Waals surface area contributed by atoms with Gasteiger partial charge < -0.3 is 10.0 Å². The number of aliphatic hydroxyl groups excluding tert-OH is 1. The first-order chi connectivity index (χ1) is 11.5. The lowest BCUT2D eigenvalue weighted by Gasteiger charge is -2.21. The van der Waals surface area contributed by atoms with E-state index in [2.05, 4.69) is 4.99 Å². The maximum Gasteiger partial charge on any atom is 0.287 e. The number of anilines is 1. The number of allylic oxidation sites excluding steroid dienone is 1.